The molecule has 0 spiro atoms. The van der Waals surface area contributed by atoms with Crippen LogP contribution in [0.1, 0.15) is 12.8 Å². The molecule has 87 valence electrons. The van der Waals surface area contributed by atoms with E-state index in [2.05, 4.69) is 49.5 Å². The molecule has 2 aromatic rings. The van der Waals surface area contributed by atoms with Gasteiger partial charge in [-0.2, -0.15) is 0 Å². The molecule has 0 N–H and O–H groups in total. The number of anilines is 1. The van der Waals surface area contributed by atoms with Gasteiger partial charge in [-0.1, -0.05) is 6.07 Å². The van der Waals surface area contributed by atoms with Crippen molar-refractivity contribution in [3.63, 3.8) is 0 Å². The summed E-state index contributed by atoms with van der Waals surface area (Å²) in [5.41, 5.74) is 6.33. The zero-order chi connectivity index (χ0) is 11.7. The topological polar surface area (TPSA) is 16.1 Å². The molecule has 1 aliphatic heterocycles. The summed E-state index contributed by atoms with van der Waals surface area (Å²) < 4.78 is 1.16. The Labute approximate surface area is 113 Å². The van der Waals surface area contributed by atoms with Gasteiger partial charge in [0, 0.05) is 28.5 Å². The molecular weight excluding hydrogens is 296 g/mol. The smallest absolute Gasteiger partial charge is 0.152 e. The van der Waals surface area contributed by atoms with Crippen LogP contribution in [-0.4, -0.2) is 18.1 Å². The summed E-state index contributed by atoms with van der Waals surface area (Å²) in [4.78, 5) is 6.65. The third-order valence-corrected chi connectivity index (χ3v) is 4.25. The molecule has 0 saturated carbocycles. The second-order valence-corrected chi connectivity index (χ2v) is 5.69. The summed E-state index contributed by atoms with van der Waals surface area (Å²) in [6.45, 7) is 2.34. The normalized spacial score (nSPS) is 15.5. The maximum atomic E-state index is 4.21. The van der Waals surface area contributed by atoms with E-state index in [-0.39, 0.29) is 0 Å². The van der Waals surface area contributed by atoms with Gasteiger partial charge in [-0.3, -0.25) is 0 Å². The van der Waals surface area contributed by atoms with Crippen LogP contribution in [-0.2, 0) is 0 Å². The Bertz CT molecular complexity index is 504. The first kappa shape index (κ1) is 11.2. The van der Waals surface area contributed by atoms with Gasteiger partial charge in [0.05, 0.1) is 11.4 Å². The van der Waals surface area contributed by atoms with E-state index in [4.69, 9.17) is 0 Å². The van der Waals surface area contributed by atoms with E-state index in [0.717, 1.165) is 15.7 Å². The first-order valence-electron chi connectivity index (χ1n) is 5.71. The van der Waals surface area contributed by atoms with Crippen LogP contribution in [0, 0.1) is 5.51 Å². The van der Waals surface area contributed by atoms with E-state index in [9.17, 15) is 0 Å². The highest BCUT2D eigenvalue weighted by atomic mass is 79.9. The lowest BCUT2D eigenvalue weighted by atomic mass is 10.1. The molecule has 0 amide bonds. The van der Waals surface area contributed by atoms with Crippen LogP contribution in [0.4, 0.5) is 5.69 Å². The molecule has 0 bridgehead atoms. The Kier molecular flexibility index (Phi) is 3.16. The molecule has 1 radical (unpaired) electrons. The highest BCUT2D eigenvalue weighted by Gasteiger charge is 2.15. The summed E-state index contributed by atoms with van der Waals surface area (Å²) >= 11 is 5.17. The number of halogens is 1. The fraction of sp³-hybridized carbons (Fsp3) is 0.308. The van der Waals surface area contributed by atoms with Gasteiger partial charge in [-0.15, -0.1) is 11.3 Å². The van der Waals surface area contributed by atoms with Crippen molar-refractivity contribution in [2.24, 2.45) is 0 Å². The van der Waals surface area contributed by atoms with Crippen molar-refractivity contribution in [2.45, 2.75) is 12.8 Å². The van der Waals surface area contributed by atoms with Gasteiger partial charge in [0.15, 0.2) is 5.51 Å². The van der Waals surface area contributed by atoms with Crippen LogP contribution in [0.15, 0.2) is 28.1 Å². The van der Waals surface area contributed by atoms with E-state index in [1.54, 1.807) is 0 Å². The van der Waals surface area contributed by atoms with Gasteiger partial charge >= 0.3 is 0 Å². The molecule has 0 atom stereocenters. The standard InChI is InChI=1S/C13H12BrN2S/c14-11-7-10(12-8-17-9-15-12)3-4-13(11)16-5-1-2-6-16/h3-4,7-8H,1-2,5-6H2. The maximum Gasteiger partial charge on any atom is 0.152 e. The number of thiazole rings is 1. The molecule has 2 nitrogen and oxygen atoms in total. The van der Waals surface area contributed by atoms with Crippen LogP contribution >= 0.6 is 27.3 Å². The molecule has 1 fully saturated rings. The first-order valence-corrected chi connectivity index (χ1v) is 7.38. The van der Waals surface area contributed by atoms with Gasteiger partial charge in [0.2, 0.25) is 0 Å². The highest BCUT2D eigenvalue weighted by Crippen LogP contribution is 2.32. The first-order chi connectivity index (χ1) is 8.34. The molecule has 1 aromatic heterocycles. The van der Waals surface area contributed by atoms with Gasteiger partial charge in [0.25, 0.3) is 0 Å². The lowest BCUT2D eigenvalue weighted by Gasteiger charge is -2.19. The van der Waals surface area contributed by atoms with E-state index in [1.165, 1.54) is 43.0 Å². The van der Waals surface area contributed by atoms with Crippen molar-refractivity contribution in [1.29, 1.82) is 0 Å². The van der Waals surface area contributed by atoms with Crippen molar-refractivity contribution in [3.05, 3.63) is 33.6 Å². The number of rotatable bonds is 2. The molecule has 1 aromatic carbocycles. The monoisotopic (exact) mass is 307 g/mol. The van der Waals surface area contributed by atoms with Crippen LogP contribution in [0.25, 0.3) is 11.3 Å². The van der Waals surface area contributed by atoms with Crippen LogP contribution in [0.2, 0.25) is 0 Å². The zero-order valence-electron chi connectivity index (χ0n) is 9.32. The lowest BCUT2D eigenvalue weighted by Crippen LogP contribution is -2.17. The minimum Gasteiger partial charge on any atom is -0.371 e. The summed E-state index contributed by atoms with van der Waals surface area (Å²) in [6.07, 6.45) is 2.60. The Balaban J connectivity index is 1.94. The van der Waals surface area contributed by atoms with Crippen molar-refractivity contribution in [2.75, 3.05) is 18.0 Å². The molecule has 1 aliphatic rings. The third-order valence-electron chi connectivity index (χ3n) is 3.08. The lowest BCUT2D eigenvalue weighted by molar-refractivity contribution is 0.949. The number of hydrogen-bond acceptors (Lipinski definition) is 3. The van der Waals surface area contributed by atoms with Crippen molar-refractivity contribution < 1.29 is 0 Å². The zero-order valence-corrected chi connectivity index (χ0v) is 11.7. The number of hydrogen-bond donors (Lipinski definition) is 0. The Morgan fingerprint density at radius 1 is 1.29 bits per heavy atom. The van der Waals surface area contributed by atoms with Crippen LogP contribution < -0.4 is 4.90 Å². The fourth-order valence-corrected chi connectivity index (χ4v) is 3.33. The molecule has 3 rings (SSSR count). The van der Waals surface area contributed by atoms with Crippen LogP contribution in [0.5, 0.6) is 0 Å². The van der Waals surface area contributed by atoms with Gasteiger partial charge in [0.1, 0.15) is 0 Å². The number of benzene rings is 1. The Morgan fingerprint density at radius 3 is 2.76 bits per heavy atom. The average Bonchev–Trinajstić information content (AvgIpc) is 3.02. The highest BCUT2D eigenvalue weighted by molar-refractivity contribution is 9.10. The molecule has 17 heavy (non-hydrogen) atoms. The van der Waals surface area contributed by atoms with Gasteiger partial charge in [-0.25, -0.2) is 4.98 Å². The SMILES string of the molecule is Brc1cc(-c2cs[c]n2)ccc1N1CCCC1. The summed E-state index contributed by atoms with van der Waals surface area (Å²) in [5.74, 6) is 0. The largest absolute Gasteiger partial charge is 0.371 e. The Morgan fingerprint density at radius 2 is 2.12 bits per heavy atom. The second kappa shape index (κ2) is 4.78. The maximum absolute atomic E-state index is 4.21. The average molecular weight is 308 g/mol. The minimum absolute atomic E-state index is 1.00. The second-order valence-electron chi connectivity index (χ2n) is 4.18. The Hall–Kier alpha value is -0.870. The summed E-state index contributed by atoms with van der Waals surface area (Å²) in [7, 11) is 0. The van der Waals surface area contributed by atoms with E-state index >= 15 is 0 Å². The predicted molar refractivity (Wildman–Crippen MR) is 75.5 cm³/mol. The molecular formula is C13H12BrN2S. The van der Waals surface area contributed by atoms with Crippen molar-refractivity contribution >= 4 is 33.0 Å². The van der Waals surface area contributed by atoms with Crippen molar-refractivity contribution in [1.82, 2.24) is 4.98 Å². The molecule has 0 aliphatic carbocycles. The predicted octanol–water partition coefficient (Wildman–Crippen LogP) is 3.97. The van der Waals surface area contributed by atoms with E-state index in [0.29, 0.717) is 0 Å². The van der Waals surface area contributed by atoms with E-state index in [1.807, 2.05) is 5.38 Å². The number of nitrogens with zero attached hydrogens (tertiary/aromatic N) is 2. The summed E-state index contributed by atoms with van der Waals surface area (Å²) in [6, 6.07) is 6.47. The fourth-order valence-electron chi connectivity index (χ4n) is 2.20. The minimum atomic E-state index is 1.00. The molecule has 1 saturated heterocycles. The van der Waals surface area contributed by atoms with Gasteiger partial charge in [-0.05, 0) is 40.9 Å². The molecule has 2 heterocycles. The molecule has 4 heteroatoms. The van der Waals surface area contributed by atoms with Crippen LogP contribution in [0.3, 0.4) is 0 Å². The summed E-state index contributed by atoms with van der Waals surface area (Å²) in [5, 5.41) is 2.03. The third kappa shape index (κ3) is 2.24. The van der Waals surface area contributed by atoms with E-state index < -0.39 is 0 Å². The number of aromatic nitrogens is 1. The quantitative estimate of drug-likeness (QED) is 0.834. The molecule has 0 unspecified atom stereocenters. The van der Waals surface area contributed by atoms with Crippen molar-refractivity contribution in [3.8, 4) is 11.3 Å². The van der Waals surface area contributed by atoms with Gasteiger partial charge < -0.3 is 4.90 Å².